The van der Waals surface area contributed by atoms with Crippen molar-refractivity contribution in [2.75, 3.05) is 26.4 Å². The third kappa shape index (κ3) is 24.1. The van der Waals surface area contributed by atoms with Crippen LogP contribution in [-0.4, -0.2) is 48.4 Å². The van der Waals surface area contributed by atoms with Crippen molar-refractivity contribution >= 4 is 13.8 Å². The van der Waals surface area contributed by atoms with Gasteiger partial charge in [-0.1, -0.05) is 76.2 Å². The highest BCUT2D eigenvalue weighted by Gasteiger charge is 2.22. The second kappa shape index (κ2) is 23.7. The zero-order valence-electron chi connectivity index (χ0n) is 21.1. The molecular formula is C25H48NO7P. The van der Waals surface area contributed by atoms with Crippen molar-refractivity contribution in [1.82, 2.24) is 0 Å². The van der Waals surface area contributed by atoms with Crippen LogP contribution in [0.4, 0.5) is 0 Å². The topological polar surface area (TPSA) is 128 Å². The third-order valence-corrected chi connectivity index (χ3v) is 6.05. The molecule has 0 aromatic carbocycles. The van der Waals surface area contributed by atoms with Crippen LogP contribution in [0.15, 0.2) is 24.3 Å². The van der Waals surface area contributed by atoms with E-state index in [1.807, 2.05) is 0 Å². The van der Waals surface area contributed by atoms with Gasteiger partial charge >= 0.3 is 13.8 Å². The predicted octanol–water partition coefficient (Wildman–Crippen LogP) is 5.58. The smallest absolute Gasteiger partial charge is 0.463 e. The van der Waals surface area contributed by atoms with E-state index < -0.39 is 26.5 Å². The number of unbranched alkanes of at least 4 members (excludes halogenated alkanes) is 10. The van der Waals surface area contributed by atoms with Crippen molar-refractivity contribution in [1.29, 1.82) is 0 Å². The van der Waals surface area contributed by atoms with Crippen molar-refractivity contribution in [3.8, 4) is 0 Å². The molecule has 0 saturated carbocycles. The lowest BCUT2D eigenvalue weighted by atomic mass is 10.1. The second-order valence-corrected chi connectivity index (χ2v) is 9.86. The summed E-state index contributed by atoms with van der Waals surface area (Å²) in [7, 11) is -4.24. The Bertz CT molecular complexity index is 584. The molecule has 2 atom stereocenters. The van der Waals surface area contributed by atoms with Gasteiger partial charge in [-0.15, -0.1) is 0 Å². The second-order valence-electron chi connectivity index (χ2n) is 8.41. The van der Waals surface area contributed by atoms with Crippen LogP contribution in [0.1, 0.15) is 96.8 Å². The third-order valence-electron chi connectivity index (χ3n) is 5.07. The van der Waals surface area contributed by atoms with Crippen molar-refractivity contribution in [3.05, 3.63) is 24.3 Å². The molecule has 0 bridgehead atoms. The number of rotatable bonds is 24. The largest absolute Gasteiger partial charge is 0.472 e. The maximum absolute atomic E-state index is 11.7. The molecule has 8 nitrogen and oxygen atoms in total. The normalized spacial score (nSPS) is 14.6. The highest BCUT2D eigenvalue weighted by molar-refractivity contribution is 7.47. The van der Waals surface area contributed by atoms with Crippen molar-refractivity contribution in [3.63, 3.8) is 0 Å². The Kier molecular flexibility index (Phi) is 23.0. The summed E-state index contributed by atoms with van der Waals surface area (Å²) < 4.78 is 25.5. The summed E-state index contributed by atoms with van der Waals surface area (Å²) in [6, 6.07) is 0. The Morgan fingerprint density at radius 1 is 0.882 bits per heavy atom. The Balaban J connectivity index is 3.49. The minimum absolute atomic E-state index is 0.0727. The summed E-state index contributed by atoms with van der Waals surface area (Å²) in [6.07, 6.45) is 23.1. The number of phosphoric ester groups is 1. The van der Waals surface area contributed by atoms with Gasteiger partial charge in [-0.05, 0) is 38.5 Å². The van der Waals surface area contributed by atoms with E-state index in [0.717, 1.165) is 32.1 Å². The molecule has 0 radical (unpaired) electrons. The lowest BCUT2D eigenvalue weighted by Gasteiger charge is -2.15. The fraction of sp³-hybridized carbons (Fsp3) is 0.800. The van der Waals surface area contributed by atoms with Gasteiger partial charge in [0.05, 0.1) is 13.2 Å². The number of hydrogen-bond donors (Lipinski definition) is 3. The summed E-state index contributed by atoms with van der Waals surface area (Å²) in [5.41, 5.74) is 5.17. The highest BCUT2D eigenvalue weighted by atomic mass is 31.2. The Morgan fingerprint density at radius 3 is 2.09 bits per heavy atom. The van der Waals surface area contributed by atoms with Gasteiger partial charge in [0.15, 0.2) is 0 Å². The van der Waals surface area contributed by atoms with Gasteiger partial charge in [0.2, 0.25) is 0 Å². The molecule has 0 spiro atoms. The van der Waals surface area contributed by atoms with Gasteiger partial charge < -0.3 is 20.5 Å². The van der Waals surface area contributed by atoms with Crippen molar-refractivity contribution in [2.24, 2.45) is 5.73 Å². The fourth-order valence-electron chi connectivity index (χ4n) is 3.13. The van der Waals surface area contributed by atoms with E-state index in [1.165, 1.54) is 51.4 Å². The van der Waals surface area contributed by atoms with Crippen molar-refractivity contribution in [2.45, 2.75) is 103 Å². The zero-order chi connectivity index (χ0) is 25.3. The van der Waals surface area contributed by atoms with Gasteiger partial charge in [-0.2, -0.15) is 0 Å². The molecule has 9 heteroatoms. The number of allylic oxidation sites excluding steroid dienone is 4. The SMILES string of the molecule is CCCCCC=CCC=CCCCCCCCCCC(=O)OCC(O)COP(=O)(O)OCCN. The number of esters is 1. The first-order chi connectivity index (χ1) is 16.4. The average molecular weight is 506 g/mol. The van der Waals surface area contributed by atoms with Gasteiger partial charge in [0.1, 0.15) is 12.7 Å². The first-order valence-electron chi connectivity index (χ1n) is 12.9. The number of carbonyl (C=O) groups excluding carboxylic acids is 1. The molecule has 0 aliphatic rings. The highest BCUT2D eigenvalue weighted by Crippen LogP contribution is 2.42. The summed E-state index contributed by atoms with van der Waals surface area (Å²) in [5.74, 6) is -0.395. The first-order valence-corrected chi connectivity index (χ1v) is 14.4. The van der Waals surface area contributed by atoms with E-state index in [4.69, 9.17) is 10.5 Å². The monoisotopic (exact) mass is 505 g/mol. The molecular weight excluding hydrogens is 457 g/mol. The molecule has 200 valence electrons. The molecule has 0 saturated heterocycles. The molecule has 0 fully saturated rings. The molecule has 0 aromatic heterocycles. The van der Waals surface area contributed by atoms with E-state index in [9.17, 15) is 19.4 Å². The average Bonchev–Trinajstić information content (AvgIpc) is 2.82. The van der Waals surface area contributed by atoms with Crippen molar-refractivity contribution < 1.29 is 33.1 Å². The van der Waals surface area contributed by atoms with Crippen LogP contribution in [0.25, 0.3) is 0 Å². The number of hydrogen-bond acceptors (Lipinski definition) is 7. The molecule has 34 heavy (non-hydrogen) atoms. The summed E-state index contributed by atoms with van der Waals surface area (Å²) >= 11 is 0. The van der Waals surface area contributed by atoms with Gasteiger partial charge in [-0.3, -0.25) is 13.8 Å². The lowest BCUT2D eigenvalue weighted by molar-refractivity contribution is -0.147. The zero-order valence-corrected chi connectivity index (χ0v) is 22.0. The van der Waals surface area contributed by atoms with Crippen LogP contribution in [-0.2, 0) is 23.1 Å². The minimum Gasteiger partial charge on any atom is -0.463 e. The predicted molar refractivity (Wildman–Crippen MR) is 136 cm³/mol. The Morgan fingerprint density at radius 2 is 1.47 bits per heavy atom. The number of phosphoric acid groups is 1. The van der Waals surface area contributed by atoms with E-state index in [1.54, 1.807) is 0 Å². The fourth-order valence-corrected chi connectivity index (χ4v) is 3.90. The molecule has 0 amide bonds. The van der Waals surface area contributed by atoms with E-state index in [-0.39, 0.29) is 19.8 Å². The van der Waals surface area contributed by atoms with Crippen LogP contribution < -0.4 is 5.73 Å². The van der Waals surface area contributed by atoms with Crippen LogP contribution in [0.2, 0.25) is 0 Å². The molecule has 0 heterocycles. The molecule has 0 aliphatic heterocycles. The maximum Gasteiger partial charge on any atom is 0.472 e. The van der Waals surface area contributed by atoms with Crippen LogP contribution >= 0.6 is 7.82 Å². The van der Waals surface area contributed by atoms with E-state index in [2.05, 4.69) is 40.3 Å². The van der Waals surface area contributed by atoms with Gasteiger partial charge in [0, 0.05) is 13.0 Å². The number of ether oxygens (including phenoxy) is 1. The Hall–Kier alpha value is -1.02. The minimum atomic E-state index is -4.24. The number of nitrogens with two attached hydrogens (primary N) is 1. The summed E-state index contributed by atoms with van der Waals surface area (Å²) in [4.78, 5) is 21.0. The molecule has 4 N–H and O–H groups in total. The first kappa shape index (κ1) is 33.0. The molecule has 0 aromatic rings. The number of carbonyl (C=O) groups is 1. The van der Waals surface area contributed by atoms with E-state index >= 15 is 0 Å². The number of aliphatic hydroxyl groups is 1. The molecule has 0 rings (SSSR count). The van der Waals surface area contributed by atoms with Crippen LogP contribution in [0, 0.1) is 0 Å². The number of aliphatic hydroxyl groups excluding tert-OH is 1. The van der Waals surface area contributed by atoms with Gasteiger partial charge in [-0.25, -0.2) is 4.57 Å². The Labute approximate surface area is 206 Å². The lowest BCUT2D eigenvalue weighted by Crippen LogP contribution is -2.23. The quantitative estimate of drug-likeness (QED) is 0.0671. The van der Waals surface area contributed by atoms with Crippen LogP contribution in [0.5, 0.6) is 0 Å². The standard InChI is InChI=1S/C25H48NO7P/c1-2-3-4-5-6-7-8-9-10-11-12-13-14-15-16-17-18-19-25(28)31-22-24(27)23-33-34(29,30)32-21-20-26/h6-7,9-10,24,27H,2-5,8,11-23,26H2,1H3,(H,29,30). The summed E-state index contributed by atoms with van der Waals surface area (Å²) in [5, 5.41) is 9.69. The van der Waals surface area contributed by atoms with Gasteiger partial charge in [0.25, 0.3) is 0 Å². The maximum atomic E-state index is 11.7. The van der Waals surface area contributed by atoms with Crippen LogP contribution in [0.3, 0.4) is 0 Å². The summed E-state index contributed by atoms with van der Waals surface area (Å²) in [6.45, 7) is 1.40. The molecule has 2 unspecified atom stereocenters. The molecule has 0 aliphatic carbocycles. The van der Waals surface area contributed by atoms with E-state index in [0.29, 0.717) is 6.42 Å².